The van der Waals surface area contributed by atoms with E-state index >= 15 is 0 Å². The summed E-state index contributed by atoms with van der Waals surface area (Å²) < 4.78 is 0. The molecule has 4 rings (SSSR count). The van der Waals surface area contributed by atoms with Gasteiger partial charge in [0.2, 0.25) is 5.91 Å². The summed E-state index contributed by atoms with van der Waals surface area (Å²) in [4.78, 5) is 43.7. The lowest BCUT2D eigenvalue weighted by atomic mass is 10.0. The molecule has 2 fully saturated rings. The minimum Gasteiger partial charge on any atom is -0.337 e. The van der Waals surface area contributed by atoms with Crippen LogP contribution in [0.25, 0.3) is 10.9 Å². The van der Waals surface area contributed by atoms with Crippen LogP contribution in [0.3, 0.4) is 0 Å². The molecule has 2 aliphatic heterocycles. The van der Waals surface area contributed by atoms with Crippen LogP contribution in [-0.2, 0) is 4.79 Å². The second-order valence-corrected chi connectivity index (χ2v) is 6.34. The van der Waals surface area contributed by atoms with E-state index in [0.717, 1.165) is 10.9 Å². The number of piperidine rings is 1. The highest BCUT2D eigenvalue weighted by Gasteiger charge is 2.37. The fourth-order valence-corrected chi connectivity index (χ4v) is 3.48. The first-order valence-corrected chi connectivity index (χ1v) is 8.38. The van der Waals surface area contributed by atoms with Gasteiger partial charge in [-0.1, -0.05) is 24.3 Å². The van der Waals surface area contributed by atoms with Crippen LogP contribution < -0.4 is 5.32 Å². The molecule has 1 aromatic carbocycles. The van der Waals surface area contributed by atoms with E-state index in [9.17, 15) is 14.4 Å². The number of imide groups is 1. The highest BCUT2D eigenvalue weighted by atomic mass is 16.2. The van der Waals surface area contributed by atoms with Crippen molar-refractivity contribution in [2.75, 3.05) is 19.6 Å². The van der Waals surface area contributed by atoms with Gasteiger partial charge in [-0.15, -0.1) is 0 Å². The molecule has 0 bridgehead atoms. The molecule has 1 N–H and O–H groups in total. The summed E-state index contributed by atoms with van der Waals surface area (Å²) >= 11 is 0. The molecule has 0 unspecified atom stereocenters. The highest BCUT2D eigenvalue weighted by molar-refractivity contribution is 6.02. The van der Waals surface area contributed by atoms with Crippen LogP contribution in [0, 0.1) is 0 Å². The fourth-order valence-electron chi connectivity index (χ4n) is 3.48. The molecule has 2 saturated heterocycles. The number of carbonyl (C=O) groups is 3. The zero-order valence-electron chi connectivity index (χ0n) is 13.6. The summed E-state index contributed by atoms with van der Waals surface area (Å²) in [7, 11) is 0. The lowest BCUT2D eigenvalue weighted by Gasteiger charge is -2.35. The van der Waals surface area contributed by atoms with Gasteiger partial charge in [-0.3, -0.25) is 14.5 Å². The van der Waals surface area contributed by atoms with Gasteiger partial charge in [-0.05, 0) is 25.0 Å². The van der Waals surface area contributed by atoms with Crippen LogP contribution in [0.1, 0.15) is 23.3 Å². The Morgan fingerprint density at radius 3 is 2.56 bits per heavy atom. The summed E-state index contributed by atoms with van der Waals surface area (Å²) in [5, 5.41) is 3.54. The Balaban J connectivity index is 1.45. The van der Waals surface area contributed by atoms with E-state index in [4.69, 9.17) is 0 Å². The maximum Gasteiger partial charge on any atom is 0.324 e. The molecule has 7 nitrogen and oxygen atoms in total. The SMILES string of the molecule is O=C(c1ccc2ccccc2n1)N1CCC(N2C(=O)CNC2=O)CC1. The number of nitrogens with zero attached hydrogens (tertiary/aromatic N) is 3. The fraction of sp³-hybridized carbons (Fsp3) is 0.333. The zero-order valence-corrected chi connectivity index (χ0v) is 13.6. The molecule has 128 valence electrons. The van der Waals surface area contributed by atoms with Crippen LogP contribution >= 0.6 is 0 Å². The maximum atomic E-state index is 12.7. The number of carbonyl (C=O) groups excluding carboxylic acids is 3. The average molecular weight is 338 g/mol. The number of amides is 4. The van der Waals surface area contributed by atoms with Crippen molar-refractivity contribution in [2.45, 2.75) is 18.9 Å². The zero-order chi connectivity index (χ0) is 17.4. The van der Waals surface area contributed by atoms with Gasteiger partial charge in [0.1, 0.15) is 5.69 Å². The van der Waals surface area contributed by atoms with Crippen molar-refractivity contribution in [2.24, 2.45) is 0 Å². The topological polar surface area (TPSA) is 82.6 Å². The molecule has 0 spiro atoms. The van der Waals surface area contributed by atoms with Crippen molar-refractivity contribution in [1.82, 2.24) is 20.1 Å². The number of urea groups is 1. The second kappa shape index (κ2) is 6.16. The number of fused-ring (bicyclic) bond motifs is 1. The van der Waals surface area contributed by atoms with Crippen molar-refractivity contribution < 1.29 is 14.4 Å². The van der Waals surface area contributed by atoms with Crippen molar-refractivity contribution in [3.05, 3.63) is 42.1 Å². The molecule has 2 aliphatic rings. The number of nitrogens with one attached hydrogen (secondary N) is 1. The number of benzene rings is 1. The Morgan fingerprint density at radius 1 is 1.08 bits per heavy atom. The van der Waals surface area contributed by atoms with Crippen LogP contribution in [-0.4, -0.2) is 58.3 Å². The lowest BCUT2D eigenvalue weighted by Crippen LogP contribution is -2.49. The predicted molar refractivity (Wildman–Crippen MR) is 90.9 cm³/mol. The minimum atomic E-state index is -0.328. The van der Waals surface area contributed by atoms with Gasteiger partial charge in [-0.25, -0.2) is 9.78 Å². The first-order valence-electron chi connectivity index (χ1n) is 8.38. The summed E-state index contributed by atoms with van der Waals surface area (Å²) in [5.41, 5.74) is 1.22. The van der Waals surface area contributed by atoms with Gasteiger partial charge < -0.3 is 10.2 Å². The van der Waals surface area contributed by atoms with Crippen molar-refractivity contribution in [3.8, 4) is 0 Å². The molecule has 7 heteroatoms. The van der Waals surface area contributed by atoms with E-state index in [0.29, 0.717) is 31.6 Å². The van der Waals surface area contributed by atoms with Gasteiger partial charge in [0.15, 0.2) is 0 Å². The molecule has 0 radical (unpaired) electrons. The van der Waals surface area contributed by atoms with E-state index in [1.54, 1.807) is 11.0 Å². The van der Waals surface area contributed by atoms with E-state index in [1.807, 2.05) is 30.3 Å². The highest BCUT2D eigenvalue weighted by Crippen LogP contribution is 2.21. The van der Waals surface area contributed by atoms with Crippen LogP contribution in [0.2, 0.25) is 0 Å². The molecule has 25 heavy (non-hydrogen) atoms. The number of para-hydroxylation sites is 1. The number of hydrogen-bond donors (Lipinski definition) is 1. The maximum absolute atomic E-state index is 12.7. The number of rotatable bonds is 2. The first kappa shape index (κ1) is 15.6. The van der Waals surface area contributed by atoms with Gasteiger partial charge in [0.25, 0.3) is 5.91 Å². The van der Waals surface area contributed by atoms with Crippen molar-refractivity contribution in [1.29, 1.82) is 0 Å². The smallest absolute Gasteiger partial charge is 0.324 e. The number of pyridine rings is 1. The normalized spacial score (nSPS) is 18.7. The molecular formula is C18H18N4O3. The summed E-state index contributed by atoms with van der Waals surface area (Å²) in [6.07, 6.45) is 1.19. The Hall–Kier alpha value is -2.96. The molecule has 4 amide bonds. The lowest BCUT2D eigenvalue weighted by molar-refractivity contribution is -0.127. The third-order valence-electron chi connectivity index (χ3n) is 4.81. The molecule has 3 heterocycles. The van der Waals surface area contributed by atoms with Crippen LogP contribution in [0.5, 0.6) is 0 Å². The Morgan fingerprint density at radius 2 is 1.84 bits per heavy atom. The van der Waals surface area contributed by atoms with E-state index in [2.05, 4.69) is 10.3 Å². The van der Waals surface area contributed by atoms with Crippen molar-refractivity contribution in [3.63, 3.8) is 0 Å². The van der Waals surface area contributed by atoms with Gasteiger partial charge in [0, 0.05) is 24.5 Å². The third kappa shape index (κ3) is 2.82. The monoisotopic (exact) mass is 338 g/mol. The van der Waals surface area contributed by atoms with Gasteiger partial charge in [0.05, 0.1) is 12.1 Å². The predicted octanol–water partition coefficient (Wildman–Crippen LogP) is 1.39. The first-order chi connectivity index (χ1) is 12.1. The summed E-state index contributed by atoms with van der Waals surface area (Å²) in [5.74, 6) is -0.299. The van der Waals surface area contributed by atoms with E-state index in [1.165, 1.54) is 4.90 Å². The van der Waals surface area contributed by atoms with E-state index in [-0.39, 0.29) is 30.4 Å². The van der Waals surface area contributed by atoms with Gasteiger partial charge >= 0.3 is 6.03 Å². The quantitative estimate of drug-likeness (QED) is 0.839. The minimum absolute atomic E-state index is 0.0684. The Kier molecular flexibility index (Phi) is 3.83. The molecule has 1 aromatic heterocycles. The molecule has 0 atom stereocenters. The molecule has 2 aromatic rings. The molecular weight excluding hydrogens is 320 g/mol. The average Bonchev–Trinajstić information content (AvgIpc) is 2.99. The third-order valence-corrected chi connectivity index (χ3v) is 4.81. The van der Waals surface area contributed by atoms with Crippen LogP contribution in [0.15, 0.2) is 36.4 Å². The number of aromatic nitrogens is 1. The van der Waals surface area contributed by atoms with E-state index < -0.39 is 0 Å². The Labute approximate surface area is 144 Å². The number of likely N-dealkylation sites (tertiary alicyclic amines) is 1. The Bertz CT molecular complexity index is 842. The largest absolute Gasteiger partial charge is 0.337 e. The standard InChI is InChI=1S/C18H18N4O3/c23-16-11-19-18(25)22(16)13-7-9-21(10-8-13)17(24)15-6-5-12-3-1-2-4-14(12)20-15/h1-6,13H,7-11H2,(H,19,25). The molecule has 0 aliphatic carbocycles. The summed E-state index contributed by atoms with van der Waals surface area (Å²) in [6, 6.07) is 10.9. The molecule has 0 saturated carbocycles. The summed E-state index contributed by atoms with van der Waals surface area (Å²) in [6.45, 7) is 1.09. The van der Waals surface area contributed by atoms with Crippen molar-refractivity contribution >= 4 is 28.7 Å². The number of hydrogen-bond acceptors (Lipinski definition) is 4. The second-order valence-electron chi connectivity index (χ2n) is 6.34. The van der Waals surface area contributed by atoms with Gasteiger partial charge in [-0.2, -0.15) is 0 Å². The van der Waals surface area contributed by atoms with Crippen LogP contribution in [0.4, 0.5) is 4.79 Å².